The van der Waals surface area contributed by atoms with Gasteiger partial charge in [0.2, 0.25) is 0 Å². The number of anilines is 1. The highest BCUT2D eigenvalue weighted by atomic mass is 16.6. The van der Waals surface area contributed by atoms with Crippen molar-refractivity contribution in [2.24, 2.45) is 0 Å². The SMILES string of the molecule is Cc1cc(NC2CC=CC2)nc(-c2ccc([N+](=O)[O-])cc2)n1. The monoisotopic (exact) mass is 296 g/mol. The molecule has 0 amide bonds. The number of nitrogens with zero attached hydrogens (tertiary/aromatic N) is 3. The lowest BCUT2D eigenvalue weighted by atomic mass is 10.2. The van der Waals surface area contributed by atoms with Crippen molar-refractivity contribution in [3.8, 4) is 11.4 Å². The first-order valence-corrected chi connectivity index (χ1v) is 7.14. The number of benzene rings is 1. The molecule has 0 bridgehead atoms. The summed E-state index contributed by atoms with van der Waals surface area (Å²) in [5, 5.41) is 14.1. The number of hydrogen-bond donors (Lipinski definition) is 1. The molecule has 0 atom stereocenters. The molecule has 1 N–H and O–H groups in total. The molecule has 1 aromatic heterocycles. The molecule has 1 heterocycles. The van der Waals surface area contributed by atoms with E-state index in [1.807, 2.05) is 13.0 Å². The van der Waals surface area contributed by atoms with Gasteiger partial charge in [-0.25, -0.2) is 9.97 Å². The van der Waals surface area contributed by atoms with E-state index in [4.69, 9.17) is 0 Å². The summed E-state index contributed by atoms with van der Waals surface area (Å²) in [5.74, 6) is 1.36. The maximum Gasteiger partial charge on any atom is 0.269 e. The van der Waals surface area contributed by atoms with E-state index in [0.29, 0.717) is 11.9 Å². The topological polar surface area (TPSA) is 81.0 Å². The second-order valence-electron chi connectivity index (χ2n) is 5.31. The zero-order valence-electron chi connectivity index (χ0n) is 12.2. The van der Waals surface area contributed by atoms with Crippen LogP contribution in [-0.4, -0.2) is 20.9 Å². The van der Waals surface area contributed by atoms with E-state index >= 15 is 0 Å². The van der Waals surface area contributed by atoms with E-state index in [9.17, 15) is 10.1 Å². The summed E-state index contributed by atoms with van der Waals surface area (Å²) >= 11 is 0. The number of rotatable bonds is 4. The van der Waals surface area contributed by atoms with Crippen molar-refractivity contribution in [1.29, 1.82) is 0 Å². The van der Waals surface area contributed by atoms with Gasteiger partial charge in [0, 0.05) is 35.5 Å². The summed E-state index contributed by atoms with van der Waals surface area (Å²) in [4.78, 5) is 19.2. The van der Waals surface area contributed by atoms with Crippen LogP contribution in [0.4, 0.5) is 11.5 Å². The minimum atomic E-state index is -0.416. The molecule has 0 unspecified atom stereocenters. The van der Waals surface area contributed by atoms with Gasteiger partial charge in [0.25, 0.3) is 5.69 Å². The third kappa shape index (κ3) is 3.11. The molecule has 1 aliphatic rings. The van der Waals surface area contributed by atoms with Gasteiger partial charge in [-0.2, -0.15) is 0 Å². The Morgan fingerprint density at radius 2 is 1.86 bits per heavy atom. The van der Waals surface area contributed by atoms with Gasteiger partial charge in [-0.3, -0.25) is 10.1 Å². The molecule has 112 valence electrons. The Morgan fingerprint density at radius 3 is 2.50 bits per heavy atom. The zero-order valence-corrected chi connectivity index (χ0v) is 12.2. The molecule has 6 nitrogen and oxygen atoms in total. The smallest absolute Gasteiger partial charge is 0.269 e. The molecule has 1 aromatic carbocycles. The Balaban J connectivity index is 1.86. The minimum Gasteiger partial charge on any atom is -0.367 e. The van der Waals surface area contributed by atoms with E-state index in [-0.39, 0.29) is 5.69 Å². The van der Waals surface area contributed by atoms with Crippen LogP contribution in [0, 0.1) is 17.0 Å². The first-order chi connectivity index (χ1) is 10.6. The summed E-state index contributed by atoms with van der Waals surface area (Å²) in [6.45, 7) is 1.91. The van der Waals surface area contributed by atoms with Gasteiger partial charge >= 0.3 is 0 Å². The first-order valence-electron chi connectivity index (χ1n) is 7.14. The molecule has 0 saturated carbocycles. The Hall–Kier alpha value is -2.76. The molecule has 0 fully saturated rings. The van der Waals surface area contributed by atoms with Crippen molar-refractivity contribution in [2.45, 2.75) is 25.8 Å². The van der Waals surface area contributed by atoms with E-state index in [0.717, 1.165) is 29.9 Å². The van der Waals surface area contributed by atoms with Crippen molar-refractivity contribution in [2.75, 3.05) is 5.32 Å². The fraction of sp³-hybridized carbons (Fsp3) is 0.250. The number of non-ortho nitro benzene ring substituents is 1. The van der Waals surface area contributed by atoms with Gasteiger partial charge in [-0.1, -0.05) is 12.2 Å². The Bertz CT molecular complexity index is 717. The van der Waals surface area contributed by atoms with Crippen LogP contribution in [0.2, 0.25) is 0 Å². The molecule has 6 heteroatoms. The second-order valence-corrected chi connectivity index (χ2v) is 5.31. The maximum atomic E-state index is 10.7. The molecular formula is C16H16N4O2. The predicted molar refractivity (Wildman–Crippen MR) is 84.6 cm³/mol. The second kappa shape index (κ2) is 5.93. The molecule has 0 aliphatic heterocycles. The summed E-state index contributed by atoms with van der Waals surface area (Å²) in [6, 6.07) is 8.57. The van der Waals surface area contributed by atoms with Crippen LogP contribution in [0.5, 0.6) is 0 Å². The van der Waals surface area contributed by atoms with Gasteiger partial charge in [0.1, 0.15) is 5.82 Å². The highest BCUT2D eigenvalue weighted by molar-refractivity contribution is 5.59. The van der Waals surface area contributed by atoms with Crippen LogP contribution in [0.15, 0.2) is 42.5 Å². The number of nitrogens with one attached hydrogen (secondary N) is 1. The minimum absolute atomic E-state index is 0.0618. The highest BCUT2D eigenvalue weighted by Crippen LogP contribution is 2.22. The average Bonchev–Trinajstić information content (AvgIpc) is 2.99. The van der Waals surface area contributed by atoms with Crippen LogP contribution in [0.25, 0.3) is 11.4 Å². The first kappa shape index (κ1) is 14.2. The molecule has 1 aliphatic carbocycles. The Kier molecular flexibility index (Phi) is 3.82. The third-order valence-electron chi connectivity index (χ3n) is 3.55. The van der Waals surface area contributed by atoms with Crippen LogP contribution in [-0.2, 0) is 0 Å². The predicted octanol–water partition coefficient (Wildman–Crippen LogP) is 3.49. The Morgan fingerprint density at radius 1 is 1.18 bits per heavy atom. The standard InChI is InChI=1S/C16H16N4O2/c1-11-10-15(18-13-4-2-3-5-13)19-16(17-11)12-6-8-14(9-7-12)20(21)22/h2-3,6-10,13H,4-5H2,1H3,(H,17,18,19). The normalized spacial score (nSPS) is 14.2. The molecule has 0 radical (unpaired) electrons. The van der Waals surface area contributed by atoms with Crippen LogP contribution >= 0.6 is 0 Å². The fourth-order valence-corrected chi connectivity index (χ4v) is 2.45. The van der Waals surface area contributed by atoms with E-state index in [2.05, 4.69) is 27.4 Å². The average molecular weight is 296 g/mol. The van der Waals surface area contributed by atoms with Crippen LogP contribution < -0.4 is 5.32 Å². The van der Waals surface area contributed by atoms with Crippen molar-refractivity contribution in [3.05, 3.63) is 58.3 Å². The van der Waals surface area contributed by atoms with E-state index < -0.39 is 4.92 Å². The Labute approximate surface area is 128 Å². The van der Waals surface area contributed by atoms with Gasteiger partial charge in [0.15, 0.2) is 5.82 Å². The molecule has 2 aromatic rings. The van der Waals surface area contributed by atoms with Gasteiger partial charge in [-0.15, -0.1) is 0 Å². The quantitative estimate of drug-likeness (QED) is 0.530. The molecular weight excluding hydrogens is 280 g/mol. The lowest BCUT2D eigenvalue weighted by Crippen LogP contribution is -2.16. The molecule has 0 spiro atoms. The molecule has 22 heavy (non-hydrogen) atoms. The number of hydrogen-bond acceptors (Lipinski definition) is 5. The summed E-state index contributed by atoms with van der Waals surface area (Å²) in [7, 11) is 0. The van der Waals surface area contributed by atoms with E-state index in [1.165, 1.54) is 12.1 Å². The largest absolute Gasteiger partial charge is 0.367 e. The number of aryl methyl sites for hydroxylation is 1. The molecule has 0 saturated heterocycles. The van der Waals surface area contributed by atoms with Gasteiger partial charge in [0.05, 0.1) is 4.92 Å². The van der Waals surface area contributed by atoms with Crippen LogP contribution in [0.3, 0.4) is 0 Å². The number of nitro groups is 1. The van der Waals surface area contributed by atoms with Crippen molar-refractivity contribution < 1.29 is 4.92 Å². The fourth-order valence-electron chi connectivity index (χ4n) is 2.45. The zero-order chi connectivity index (χ0) is 15.5. The number of nitro benzene ring substituents is 1. The summed E-state index contributed by atoms with van der Waals surface area (Å²) in [6.07, 6.45) is 6.30. The van der Waals surface area contributed by atoms with Crippen molar-refractivity contribution in [3.63, 3.8) is 0 Å². The van der Waals surface area contributed by atoms with Gasteiger partial charge < -0.3 is 5.32 Å². The van der Waals surface area contributed by atoms with Crippen molar-refractivity contribution in [1.82, 2.24) is 9.97 Å². The highest BCUT2D eigenvalue weighted by Gasteiger charge is 2.13. The van der Waals surface area contributed by atoms with E-state index in [1.54, 1.807) is 12.1 Å². The maximum absolute atomic E-state index is 10.7. The third-order valence-corrected chi connectivity index (χ3v) is 3.55. The summed E-state index contributed by atoms with van der Waals surface area (Å²) < 4.78 is 0. The van der Waals surface area contributed by atoms with Gasteiger partial charge in [-0.05, 0) is 31.9 Å². The van der Waals surface area contributed by atoms with Crippen molar-refractivity contribution >= 4 is 11.5 Å². The lowest BCUT2D eigenvalue weighted by molar-refractivity contribution is -0.384. The van der Waals surface area contributed by atoms with Crippen LogP contribution in [0.1, 0.15) is 18.5 Å². The molecule has 3 rings (SSSR count). The summed E-state index contributed by atoms with van der Waals surface area (Å²) in [5.41, 5.74) is 1.69. The lowest BCUT2D eigenvalue weighted by Gasteiger charge is -2.14. The number of aromatic nitrogens is 2.